The van der Waals surface area contributed by atoms with Gasteiger partial charge in [0.1, 0.15) is 5.71 Å². The molecule has 0 aliphatic carbocycles. The molecule has 0 aliphatic rings. The van der Waals surface area contributed by atoms with Crippen LogP contribution in [0, 0.1) is 0 Å². The number of amides is 3. The fraction of sp³-hybridized carbons (Fsp3) is 0.273. The Balaban J connectivity index is 1.86. The lowest BCUT2D eigenvalue weighted by atomic mass is 10.1. The summed E-state index contributed by atoms with van der Waals surface area (Å²) in [6.07, 6.45) is 1.85. The minimum atomic E-state index is -0.700. The first kappa shape index (κ1) is 21.0. The summed E-state index contributed by atoms with van der Waals surface area (Å²) in [5, 5.41) is 2.69. The van der Waals surface area contributed by atoms with Crippen LogP contribution in [0.5, 0.6) is 0 Å². The van der Waals surface area contributed by atoms with Crippen molar-refractivity contribution in [3.05, 3.63) is 71.8 Å². The van der Waals surface area contributed by atoms with Crippen molar-refractivity contribution in [3.63, 3.8) is 0 Å². The van der Waals surface area contributed by atoms with E-state index in [0.29, 0.717) is 19.4 Å². The molecule has 6 heteroatoms. The van der Waals surface area contributed by atoms with Gasteiger partial charge in [-0.2, -0.15) is 0 Å². The van der Waals surface area contributed by atoms with Crippen LogP contribution < -0.4 is 11.1 Å². The van der Waals surface area contributed by atoms with Crippen molar-refractivity contribution in [2.24, 2.45) is 10.7 Å². The summed E-state index contributed by atoms with van der Waals surface area (Å²) < 4.78 is 0. The lowest BCUT2D eigenvalue weighted by Crippen LogP contribution is -2.35. The van der Waals surface area contributed by atoms with E-state index in [0.717, 1.165) is 17.5 Å². The average Bonchev–Trinajstić information content (AvgIpc) is 2.68. The van der Waals surface area contributed by atoms with Crippen LogP contribution in [-0.4, -0.2) is 30.0 Å². The molecule has 0 heterocycles. The third kappa shape index (κ3) is 7.95. The van der Waals surface area contributed by atoms with Gasteiger partial charge in [-0.3, -0.25) is 14.4 Å². The Morgan fingerprint density at radius 1 is 0.857 bits per heavy atom. The first-order chi connectivity index (χ1) is 13.5. The maximum atomic E-state index is 12.3. The van der Waals surface area contributed by atoms with Gasteiger partial charge < -0.3 is 11.1 Å². The second-order valence-electron chi connectivity index (χ2n) is 6.43. The molecular formula is C22H25N3O3. The number of primary amides is 1. The molecule has 2 aromatic rings. The van der Waals surface area contributed by atoms with Gasteiger partial charge in [0.15, 0.2) is 0 Å². The number of aliphatic imine (C=N–C) groups is 1. The number of carbonyl (C=O) groups excluding carboxylic acids is 3. The molecule has 0 unspecified atom stereocenters. The standard InChI is InChI=1S/C22H25N3O3/c23-20(26)16-19(22(28)24-15-14-18-10-5-2-6-11-18)25-21(27)13-7-12-17-8-3-1-4-9-17/h1-6,8-11H,7,12-16H2,(H2,23,26)(H,24,28). The summed E-state index contributed by atoms with van der Waals surface area (Å²) in [7, 11) is 0. The van der Waals surface area contributed by atoms with E-state index >= 15 is 0 Å². The number of hydrogen-bond acceptors (Lipinski definition) is 3. The molecular weight excluding hydrogens is 354 g/mol. The van der Waals surface area contributed by atoms with E-state index in [2.05, 4.69) is 10.3 Å². The fourth-order valence-corrected chi connectivity index (χ4v) is 2.70. The minimum Gasteiger partial charge on any atom is -0.369 e. The number of rotatable bonds is 10. The van der Waals surface area contributed by atoms with Crippen LogP contribution in [0.2, 0.25) is 0 Å². The quantitative estimate of drug-likeness (QED) is 0.619. The smallest absolute Gasteiger partial charge is 0.266 e. The number of benzene rings is 2. The topological polar surface area (TPSA) is 102 Å². The Labute approximate surface area is 164 Å². The molecule has 0 aromatic heterocycles. The molecule has 0 spiro atoms. The van der Waals surface area contributed by atoms with Crippen LogP contribution in [0.3, 0.4) is 0 Å². The average molecular weight is 379 g/mol. The summed E-state index contributed by atoms with van der Waals surface area (Å²) in [6, 6.07) is 19.5. The zero-order valence-electron chi connectivity index (χ0n) is 15.8. The van der Waals surface area contributed by atoms with E-state index in [9.17, 15) is 14.4 Å². The van der Waals surface area contributed by atoms with Crippen LogP contribution >= 0.6 is 0 Å². The van der Waals surface area contributed by atoms with E-state index in [4.69, 9.17) is 5.73 Å². The Morgan fingerprint density at radius 2 is 1.43 bits per heavy atom. The minimum absolute atomic E-state index is 0.134. The molecule has 2 rings (SSSR count). The van der Waals surface area contributed by atoms with Gasteiger partial charge in [0.05, 0.1) is 6.42 Å². The zero-order chi connectivity index (χ0) is 20.2. The molecule has 146 valence electrons. The first-order valence-electron chi connectivity index (χ1n) is 9.29. The Bertz CT molecular complexity index is 817. The molecule has 3 amide bonds. The van der Waals surface area contributed by atoms with Crippen molar-refractivity contribution in [2.75, 3.05) is 6.54 Å². The molecule has 0 saturated carbocycles. The predicted octanol–water partition coefficient (Wildman–Crippen LogP) is 2.21. The van der Waals surface area contributed by atoms with Gasteiger partial charge in [-0.1, -0.05) is 60.7 Å². The van der Waals surface area contributed by atoms with Crippen LogP contribution in [-0.2, 0) is 27.2 Å². The van der Waals surface area contributed by atoms with E-state index in [1.54, 1.807) is 0 Å². The van der Waals surface area contributed by atoms with Crippen LogP contribution in [0.1, 0.15) is 30.4 Å². The van der Waals surface area contributed by atoms with Crippen molar-refractivity contribution >= 4 is 23.4 Å². The second kappa shape index (κ2) is 11.4. The maximum Gasteiger partial charge on any atom is 0.266 e. The number of nitrogens with zero attached hydrogens (tertiary/aromatic N) is 1. The van der Waals surface area contributed by atoms with E-state index in [-0.39, 0.29) is 18.6 Å². The first-order valence-corrected chi connectivity index (χ1v) is 9.29. The fourth-order valence-electron chi connectivity index (χ4n) is 2.70. The summed E-state index contributed by atoms with van der Waals surface area (Å²) in [4.78, 5) is 39.5. The van der Waals surface area contributed by atoms with Gasteiger partial charge in [-0.05, 0) is 30.4 Å². The summed E-state index contributed by atoms with van der Waals surface area (Å²) in [6.45, 7) is 0.378. The summed E-state index contributed by atoms with van der Waals surface area (Å²) in [5.74, 6) is -1.66. The van der Waals surface area contributed by atoms with Crippen molar-refractivity contribution in [1.29, 1.82) is 0 Å². The van der Waals surface area contributed by atoms with Gasteiger partial charge in [0.25, 0.3) is 5.91 Å². The highest BCUT2D eigenvalue weighted by Crippen LogP contribution is 2.06. The van der Waals surface area contributed by atoms with Crippen molar-refractivity contribution < 1.29 is 14.4 Å². The summed E-state index contributed by atoms with van der Waals surface area (Å²) in [5.41, 5.74) is 7.27. The second-order valence-corrected chi connectivity index (χ2v) is 6.43. The molecule has 28 heavy (non-hydrogen) atoms. The highest BCUT2D eigenvalue weighted by Gasteiger charge is 2.16. The molecule has 0 fully saturated rings. The Hall–Kier alpha value is -3.28. The number of carbonyl (C=O) groups is 3. The SMILES string of the molecule is NC(=O)CC(=NC(=O)CCCc1ccccc1)C(=O)NCCc1ccccc1. The van der Waals surface area contributed by atoms with Crippen LogP contribution in [0.25, 0.3) is 0 Å². The van der Waals surface area contributed by atoms with E-state index in [1.165, 1.54) is 0 Å². The number of aryl methyl sites for hydroxylation is 1. The van der Waals surface area contributed by atoms with Gasteiger partial charge >= 0.3 is 0 Å². The third-order valence-electron chi connectivity index (χ3n) is 4.10. The van der Waals surface area contributed by atoms with Crippen LogP contribution in [0.15, 0.2) is 65.7 Å². The summed E-state index contributed by atoms with van der Waals surface area (Å²) >= 11 is 0. The lowest BCUT2D eigenvalue weighted by molar-refractivity contribution is -0.119. The molecule has 0 atom stereocenters. The molecule has 0 radical (unpaired) electrons. The Kier molecular flexibility index (Phi) is 8.59. The normalized spacial score (nSPS) is 11.1. The highest BCUT2D eigenvalue weighted by molar-refractivity contribution is 6.43. The monoisotopic (exact) mass is 379 g/mol. The van der Waals surface area contributed by atoms with E-state index in [1.807, 2.05) is 60.7 Å². The Morgan fingerprint density at radius 3 is 2.00 bits per heavy atom. The third-order valence-corrected chi connectivity index (χ3v) is 4.10. The highest BCUT2D eigenvalue weighted by atomic mass is 16.2. The molecule has 0 bridgehead atoms. The molecule has 6 nitrogen and oxygen atoms in total. The van der Waals surface area contributed by atoms with Crippen LogP contribution in [0.4, 0.5) is 0 Å². The predicted molar refractivity (Wildman–Crippen MR) is 109 cm³/mol. The number of nitrogens with two attached hydrogens (primary N) is 1. The van der Waals surface area contributed by atoms with Gasteiger partial charge in [0, 0.05) is 13.0 Å². The number of nitrogens with one attached hydrogen (secondary N) is 1. The molecule has 0 aliphatic heterocycles. The maximum absolute atomic E-state index is 12.3. The molecule has 2 aromatic carbocycles. The van der Waals surface area contributed by atoms with Gasteiger partial charge in [-0.15, -0.1) is 0 Å². The largest absolute Gasteiger partial charge is 0.369 e. The molecule has 3 N–H and O–H groups in total. The van der Waals surface area contributed by atoms with Crippen molar-refractivity contribution in [3.8, 4) is 0 Å². The van der Waals surface area contributed by atoms with Crippen molar-refractivity contribution in [2.45, 2.75) is 32.1 Å². The number of hydrogen-bond donors (Lipinski definition) is 2. The van der Waals surface area contributed by atoms with Crippen molar-refractivity contribution in [1.82, 2.24) is 5.32 Å². The van der Waals surface area contributed by atoms with Gasteiger partial charge in [-0.25, -0.2) is 4.99 Å². The van der Waals surface area contributed by atoms with Gasteiger partial charge in [0.2, 0.25) is 11.8 Å². The molecule has 0 saturated heterocycles. The zero-order valence-corrected chi connectivity index (χ0v) is 15.8. The lowest BCUT2D eigenvalue weighted by Gasteiger charge is -2.07. The van der Waals surface area contributed by atoms with E-state index < -0.39 is 17.7 Å².